The molecule has 0 bridgehead atoms. The molecule has 5 heteroatoms. The highest BCUT2D eigenvalue weighted by Crippen LogP contribution is 2.38. The van der Waals surface area contributed by atoms with Crippen molar-refractivity contribution in [2.24, 2.45) is 0 Å². The number of thiazole rings is 1. The molecule has 0 N–H and O–H groups in total. The third kappa shape index (κ3) is 2.09. The Morgan fingerprint density at radius 2 is 2.13 bits per heavy atom. The van der Waals surface area contributed by atoms with Crippen LogP contribution in [-0.2, 0) is 0 Å². The fourth-order valence-corrected chi connectivity index (χ4v) is 2.43. The van der Waals surface area contributed by atoms with E-state index in [1.807, 2.05) is 5.38 Å². The second-order valence-corrected chi connectivity index (χ2v) is 4.40. The van der Waals surface area contributed by atoms with Gasteiger partial charge in [0.1, 0.15) is 5.75 Å². The number of hydrogen-bond donors (Lipinski definition) is 0. The first-order valence-corrected chi connectivity index (χ1v) is 5.84. The van der Waals surface area contributed by atoms with E-state index in [0.29, 0.717) is 15.8 Å². The molecular weight excluding hydrogens is 253 g/mol. The number of benzene rings is 1. The Hall–Kier alpha value is -0.770. The topological polar surface area (TPSA) is 22.1 Å². The van der Waals surface area contributed by atoms with E-state index in [2.05, 4.69) is 4.98 Å². The highest BCUT2D eigenvalue weighted by atomic mass is 35.5. The zero-order valence-electron chi connectivity index (χ0n) is 7.83. The molecule has 0 aliphatic rings. The highest BCUT2D eigenvalue weighted by Gasteiger charge is 2.12. The first-order valence-electron chi connectivity index (χ1n) is 4.14. The fourth-order valence-electron chi connectivity index (χ4n) is 1.30. The molecule has 1 aromatic heterocycles. The molecule has 0 fully saturated rings. The molecule has 2 aromatic rings. The van der Waals surface area contributed by atoms with Crippen LogP contribution in [0.4, 0.5) is 0 Å². The van der Waals surface area contributed by atoms with Crippen molar-refractivity contribution < 1.29 is 4.74 Å². The summed E-state index contributed by atoms with van der Waals surface area (Å²) in [6, 6.07) is 3.44. The van der Waals surface area contributed by atoms with Gasteiger partial charge >= 0.3 is 0 Å². The molecule has 0 spiro atoms. The Bertz CT molecular complexity index is 471. The zero-order valence-corrected chi connectivity index (χ0v) is 10.2. The molecule has 1 aromatic carbocycles. The van der Waals surface area contributed by atoms with Gasteiger partial charge in [-0.25, -0.2) is 4.98 Å². The van der Waals surface area contributed by atoms with Gasteiger partial charge in [0.15, 0.2) is 0 Å². The van der Waals surface area contributed by atoms with Crippen molar-refractivity contribution in [2.75, 3.05) is 7.11 Å². The molecule has 2 nitrogen and oxygen atoms in total. The quantitative estimate of drug-likeness (QED) is 0.810. The SMILES string of the molecule is COc1c(Cl)cc(Cl)cc1-c1cscn1. The lowest BCUT2D eigenvalue weighted by Gasteiger charge is -2.08. The van der Waals surface area contributed by atoms with E-state index in [9.17, 15) is 0 Å². The maximum Gasteiger partial charge on any atom is 0.146 e. The summed E-state index contributed by atoms with van der Waals surface area (Å²) in [5.41, 5.74) is 3.39. The van der Waals surface area contributed by atoms with Crippen LogP contribution in [0.5, 0.6) is 5.75 Å². The summed E-state index contributed by atoms with van der Waals surface area (Å²) in [7, 11) is 1.57. The average molecular weight is 260 g/mol. The van der Waals surface area contributed by atoms with Gasteiger partial charge in [0.25, 0.3) is 0 Å². The van der Waals surface area contributed by atoms with Crippen molar-refractivity contribution in [2.45, 2.75) is 0 Å². The van der Waals surface area contributed by atoms with Crippen LogP contribution in [0.2, 0.25) is 10.0 Å². The summed E-state index contributed by atoms with van der Waals surface area (Å²) in [5, 5.41) is 2.99. The van der Waals surface area contributed by atoms with Crippen molar-refractivity contribution in [1.82, 2.24) is 4.98 Å². The molecule has 0 saturated carbocycles. The summed E-state index contributed by atoms with van der Waals surface area (Å²) in [5.74, 6) is 0.604. The predicted molar refractivity (Wildman–Crippen MR) is 64.1 cm³/mol. The van der Waals surface area contributed by atoms with Crippen LogP contribution in [-0.4, -0.2) is 12.1 Å². The van der Waals surface area contributed by atoms with Gasteiger partial charge < -0.3 is 4.74 Å². The van der Waals surface area contributed by atoms with E-state index in [0.717, 1.165) is 11.3 Å². The molecule has 15 heavy (non-hydrogen) atoms. The molecule has 0 amide bonds. The Labute approximate surface area is 101 Å². The largest absolute Gasteiger partial charge is 0.494 e. The molecule has 0 aliphatic carbocycles. The average Bonchev–Trinajstić information content (AvgIpc) is 2.69. The minimum atomic E-state index is 0.494. The van der Waals surface area contributed by atoms with E-state index >= 15 is 0 Å². The summed E-state index contributed by atoms with van der Waals surface area (Å²) in [6.07, 6.45) is 0. The number of nitrogens with zero attached hydrogens (tertiary/aromatic N) is 1. The smallest absolute Gasteiger partial charge is 0.146 e. The van der Waals surface area contributed by atoms with Crippen molar-refractivity contribution in [3.63, 3.8) is 0 Å². The van der Waals surface area contributed by atoms with Crippen LogP contribution in [0.3, 0.4) is 0 Å². The molecule has 2 rings (SSSR count). The maximum atomic E-state index is 6.02. The van der Waals surface area contributed by atoms with E-state index in [-0.39, 0.29) is 0 Å². The molecule has 0 unspecified atom stereocenters. The Morgan fingerprint density at radius 3 is 2.73 bits per heavy atom. The fraction of sp³-hybridized carbons (Fsp3) is 0.100. The number of halogens is 2. The third-order valence-electron chi connectivity index (χ3n) is 1.92. The third-order valence-corrected chi connectivity index (χ3v) is 3.01. The minimum Gasteiger partial charge on any atom is -0.494 e. The van der Waals surface area contributed by atoms with Gasteiger partial charge in [-0.05, 0) is 12.1 Å². The van der Waals surface area contributed by atoms with Crippen LogP contribution >= 0.6 is 34.5 Å². The molecule has 0 radical (unpaired) electrons. The summed E-state index contributed by atoms with van der Waals surface area (Å²) in [6.45, 7) is 0. The van der Waals surface area contributed by atoms with Crippen LogP contribution in [0, 0.1) is 0 Å². The molecule has 0 aliphatic heterocycles. The molecule has 78 valence electrons. The van der Waals surface area contributed by atoms with Crippen LogP contribution in [0.1, 0.15) is 0 Å². The standard InChI is InChI=1S/C10H7Cl2NOS/c1-14-10-7(9-4-15-5-13-9)2-6(11)3-8(10)12/h2-5H,1H3. The number of aromatic nitrogens is 1. The van der Waals surface area contributed by atoms with E-state index < -0.39 is 0 Å². The molecular formula is C10H7Cl2NOS. The van der Waals surface area contributed by atoms with Crippen molar-refractivity contribution in [3.05, 3.63) is 33.1 Å². The van der Waals surface area contributed by atoms with E-state index in [1.54, 1.807) is 24.8 Å². The number of rotatable bonds is 2. The minimum absolute atomic E-state index is 0.494. The van der Waals surface area contributed by atoms with Gasteiger partial charge in [-0.3, -0.25) is 0 Å². The first kappa shape index (κ1) is 10.7. The summed E-state index contributed by atoms with van der Waals surface area (Å²) in [4.78, 5) is 4.20. The van der Waals surface area contributed by atoms with Gasteiger partial charge in [0.05, 0.1) is 23.3 Å². The maximum absolute atomic E-state index is 6.02. The summed E-state index contributed by atoms with van der Waals surface area (Å²) >= 11 is 13.5. The zero-order chi connectivity index (χ0) is 10.8. The summed E-state index contributed by atoms with van der Waals surface area (Å²) < 4.78 is 5.23. The molecule has 0 atom stereocenters. The van der Waals surface area contributed by atoms with Crippen LogP contribution < -0.4 is 4.74 Å². The number of ether oxygens (including phenoxy) is 1. The first-order chi connectivity index (χ1) is 7.22. The number of methoxy groups -OCH3 is 1. The number of hydrogen-bond acceptors (Lipinski definition) is 3. The van der Waals surface area contributed by atoms with Crippen LogP contribution in [0.15, 0.2) is 23.0 Å². The van der Waals surface area contributed by atoms with Crippen LogP contribution in [0.25, 0.3) is 11.3 Å². The predicted octanol–water partition coefficient (Wildman–Crippen LogP) is 4.13. The highest BCUT2D eigenvalue weighted by molar-refractivity contribution is 7.07. The normalized spacial score (nSPS) is 10.3. The van der Waals surface area contributed by atoms with Gasteiger partial charge in [-0.15, -0.1) is 11.3 Å². The van der Waals surface area contributed by atoms with Crippen molar-refractivity contribution in [1.29, 1.82) is 0 Å². The molecule has 0 saturated heterocycles. The van der Waals surface area contributed by atoms with Crippen molar-refractivity contribution >= 4 is 34.5 Å². The Morgan fingerprint density at radius 1 is 1.33 bits per heavy atom. The van der Waals surface area contributed by atoms with E-state index in [4.69, 9.17) is 27.9 Å². The lowest BCUT2D eigenvalue weighted by atomic mass is 10.1. The van der Waals surface area contributed by atoms with Gasteiger partial charge in [-0.1, -0.05) is 23.2 Å². The second kappa shape index (κ2) is 4.39. The van der Waals surface area contributed by atoms with E-state index in [1.165, 1.54) is 11.3 Å². The molecule has 1 heterocycles. The Kier molecular flexibility index (Phi) is 3.14. The van der Waals surface area contributed by atoms with Crippen molar-refractivity contribution in [3.8, 4) is 17.0 Å². The van der Waals surface area contributed by atoms with Gasteiger partial charge in [0.2, 0.25) is 0 Å². The monoisotopic (exact) mass is 259 g/mol. The lowest BCUT2D eigenvalue weighted by Crippen LogP contribution is -1.89. The Balaban J connectivity index is 2.64. The second-order valence-electron chi connectivity index (χ2n) is 2.84. The lowest BCUT2D eigenvalue weighted by molar-refractivity contribution is 0.416. The van der Waals surface area contributed by atoms with Gasteiger partial charge in [0, 0.05) is 16.0 Å². The van der Waals surface area contributed by atoms with Gasteiger partial charge in [-0.2, -0.15) is 0 Å².